The Morgan fingerprint density at radius 3 is 1.96 bits per heavy atom. The summed E-state index contributed by atoms with van der Waals surface area (Å²) >= 11 is 0. The van der Waals surface area contributed by atoms with Crippen molar-refractivity contribution in [3.05, 3.63) is 167 Å². The monoisotopic (exact) mass is 913 g/mol. The minimum absolute atomic E-state index is 0. The quantitative estimate of drug-likeness (QED) is 0.162. The Labute approximate surface area is 345 Å². The number of benzene rings is 6. The average Bonchev–Trinajstić information content (AvgIpc) is 3.56. The molecular weight excluding hydrogens is 863 g/mol. The zero-order valence-corrected chi connectivity index (χ0v) is 36.0. The first-order chi connectivity index (χ1) is 26.5. The first-order valence-electron chi connectivity index (χ1n) is 19.4. The number of phenols is 1. The summed E-state index contributed by atoms with van der Waals surface area (Å²) in [7, 11) is 0. The summed E-state index contributed by atoms with van der Waals surface area (Å²) in [6.07, 6.45) is 1.90. The molecule has 1 N–H and O–H groups in total. The molecule has 2 aromatic heterocycles. The van der Waals surface area contributed by atoms with Gasteiger partial charge in [-0.1, -0.05) is 128 Å². The van der Waals surface area contributed by atoms with E-state index >= 15 is 0 Å². The number of hydrogen-bond acceptors (Lipinski definition) is 3. The number of aromatic nitrogens is 3. The zero-order chi connectivity index (χ0) is 38.8. The van der Waals surface area contributed by atoms with E-state index in [2.05, 4.69) is 162 Å². The Bertz CT molecular complexity index is 2570. The van der Waals surface area contributed by atoms with Gasteiger partial charge in [-0.05, 0) is 105 Å². The van der Waals surface area contributed by atoms with Crippen LogP contribution >= 0.6 is 0 Å². The van der Waals surface area contributed by atoms with Crippen molar-refractivity contribution in [1.29, 1.82) is 0 Å². The summed E-state index contributed by atoms with van der Waals surface area (Å²) in [4.78, 5) is 9.61. The van der Waals surface area contributed by atoms with Gasteiger partial charge in [-0.15, -0.1) is 34.9 Å². The number of para-hydroxylation sites is 3. The van der Waals surface area contributed by atoms with Crippen LogP contribution < -0.4 is 0 Å². The SMILES string of the molecule is CC(C)c1cc(-c2ccccc2)cc(C(C)C)c1-n1c(-c2ccccc2O)nc2ccccc21.Cc1[c-]c(-c2nccc3cc(C(C)C)ccc23)cc(C)c1.[Ir]. The van der Waals surface area contributed by atoms with Crippen LogP contribution in [-0.2, 0) is 20.1 Å². The van der Waals surface area contributed by atoms with Crippen molar-refractivity contribution in [3.63, 3.8) is 0 Å². The van der Waals surface area contributed by atoms with Crippen LogP contribution in [0.3, 0.4) is 0 Å². The van der Waals surface area contributed by atoms with E-state index < -0.39 is 0 Å². The average molecular weight is 913 g/mol. The van der Waals surface area contributed by atoms with Gasteiger partial charge in [-0.3, -0.25) is 4.57 Å². The zero-order valence-electron chi connectivity index (χ0n) is 33.6. The molecule has 0 fully saturated rings. The molecule has 0 saturated heterocycles. The van der Waals surface area contributed by atoms with Crippen LogP contribution in [0.4, 0.5) is 0 Å². The van der Waals surface area contributed by atoms with Gasteiger partial charge in [0.1, 0.15) is 11.6 Å². The summed E-state index contributed by atoms with van der Waals surface area (Å²) < 4.78 is 2.25. The first-order valence-corrected chi connectivity index (χ1v) is 19.4. The number of aryl methyl sites for hydroxylation is 2. The Hall–Kier alpha value is -5.35. The molecule has 0 aliphatic heterocycles. The number of fused-ring (bicyclic) bond motifs is 2. The van der Waals surface area contributed by atoms with Crippen molar-refractivity contribution in [2.24, 2.45) is 0 Å². The van der Waals surface area contributed by atoms with E-state index in [0.29, 0.717) is 17.8 Å². The molecule has 8 aromatic rings. The van der Waals surface area contributed by atoms with Crippen molar-refractivity contribution in [2.75, 3.05) is 0 Å². The van der Waals surface area contributed by atoms with Gasteiger partial charge in [-0.2, -0.15) is 0 Å². The van der Waals surface area contributed by atoms with Crippen LogP contribution in [0.25, 0.3) is 61.3 Å². The minimum Gasteiger partial charge on any atom is -0.507 e. The molecule has 0 amide bonds. The molecule has 56 heavy (non-hydrogen) atoms. The molecule has 0 spiro atoms. The minimum atomic E-state index is 0. The van der Waals surface area contributed by atoms with Gasteiger partial charge in [0.2, 0.25) is 0 Å². The van der Waals surface area contributed by atoms with Crippen LogP contribution in [0.15, 0.2) is 134 Å². The van der Waals surface area contributed by atoms with Crippen molar-refractivity contribution in [2.45, 2.75) is 73.1 Å². The number of aromatic hydroxyl groups is 1. The Balaban J connectivity index is 0.000000208. The molecule has 0 saturated carbocycles. The van der Waals surface area contributed by atoms with E-state index in [1.807, 2.05) is 36.5 Å². The molecule has 2 heterocycles. The van der Waals surface area contributed by atoms with Gasteiger partial charge >= 0.3 is 0 Å². The largest absolute Gasteiger partial charge is 0.507 e. The van der Waals surface area contributed by atoms with Gasteiger partial charge in [-0.25, -0.2) is 4.98 Å². The maximum absolute atomic E-state index is 10.8. The number of rotatable bonds is 7. The van der Waals surface area contributed by atoms with Crippen LogP contribution in [-0.4, -0.2) is 19.6 Å². The van der Waals surface area contributed by atoms with Gasteiger partial charge < -0.3 is 10.1 Å². The van der Waals surface area contributed by atoms with Crippen LogP contribution in [0.1, 0.15) is 87.1 Å². The van der Waals surface area contributed by atoms with Crippen LogP contribution in [0.2, 0.25) is 0 Å². The molecule has 285 valence electrons. The number of pyridine rings is 1. The predicted molar refractivity (Wildman–Crippen MR) is 231 cm³/mol. The Morgan fingerprint density at radius 1 is 0.643 bits per heavy atom. The molecule has 0 unspecified atom stereocenters. The normalized spacial score (nSPS) is 11.3. The van der Waals surface area contributed by atoms with Crippen molar-refractivity contribution in [1.82, 2.24) is 14.5 Å². The topological polar surface area (TPSA) is 50.9 Å². The molecule has 8 rings (SSSR count). The van der Waals surface area contributed by atoms with Crippen LogP contribution in [0.5, 0.6) is 5.75 Å². The fraction of sp³-hybridized carbons (Fsp3) is 0.216. The van der Waals surface area contributed by atoms with E-state index in [4.69, 9.17) is 4.98 Å². The van der Waals surface area contributed by atoms with Crippen molar-refractivity contribution < 1.29 is 25.2 Å². The molecular formula is C51H50IrN3O-. The molecule has 0 bridgehead atoms. The van der Waals surface area contributed by atoms with E-state index in [9.17, 15) is 5.11 Å². The standard InChI is InChI=1S/C31H30N2O.C20H20N.Ir/c1-20(2)25-18-23(22-12-6-5-7-13-22)19-26(21(3)4)30(25)33-28-16-10-9-15-27(28)32-31(33)24-14-8-11-17-29(24)34;1-13(2)16-5-6-19-17(12-16)7-8-21-20(19)18-10-14(3)9-15(4)11-18;/h5-21,34H,1-4H3;5-10,12-13H,1-4H3;/q;-1;. The van der Waals surface area contributed by atoms with Crippen molar-refractivity contribution >= 4 is 21.8 Å². The number of hydrogen-bond donors (Lipinski definition) is 1. The van der Waals surface area contributed by atoms with Gasteiger partial charge in [0.15, 0.2) is 0 Å². The second-order valence-corrected chi connectivity index (χ2v) is 15.5. The fourth-order valence-corrected chi connectivity index (χ4v) is 7.50. The number of nitrogens with zero attached hydrogens (tertiary/aromatic N) is 3. The Kier molecular flexibility index (Phi) is 12.4. The maximum Gasteiger partial charge on any atom is 0.149 e. The van der Waals surface area contributed by atoms with E-state index in [0.717, 1.165) is 44.9 Å². The molecule has 4 nitrogen and oxygen atoms in total. The molecule has 0 atom stereocenters. The van der Waals surface area contributed by atoms with Gasteiger partial charge in [0.05, 0.1) is 22.3 Å². The van der Waals surface area contributed by atoms with Crippen molar-refractivity contribution in [3.8, 4) is 45.2 Å². The molecule has 5 heteroatoms. The third-order valence-electron chi connectivity index (χ3n) is 10.3. The predicted octanol–water partition coefficient (Wildman–Crippen LogP) is 13.8. The van der Waals surface area contributed by atoms with E-state index in [-0.39, 0.29) is 25.9 Å². The smallest absolute Gasteiger partial charge is 0.149 e. The second-order valence-electron chi connectivity index (χ2n) is 15.5. The summed E-state index contributed by atoms with van der Waals surface area (Å²) in [5.74, 6) is 2.13. The maximum atomic E-state index is 10.8. The van der Waals surface area contributed by atoms with Gasteiger partial charge in [0, 0.05) is 26.3 Å². The first kappa shape index (κ1) is 40.3. The summed E-state index contributed by atoms with van der Waals surface area (Å²) in [6.45, 7) is 17.6. The number of imidazole rings is 1. The summed E-state index contributed by atoms with van der Waals surface area (Å²) in [6, 6.07) is 47.4. The fourth-order valence-electron chi connectivity index (χ4n) is 7.50. The number of phenolic OH excluding ortho intramolecular Hbond substituents is 1. The molecule has 0 aliphatic carbocycles. The van der Waals surface area contributed by atoms with Crippen LogP contribution in [0, 0.1) is 19.9 Å². The Morgan fingerprint density at radius 2 is 1.30 bits per heavy atom. The third-order valence-corrected chi connectivity index (χ3v) is 10.3. The van der Waals surface area contributed by atoms with E-state index in [1.165, 1.54) is 44.2 Å². The third kappa shape index (κ3) is 8.26. The summed E-state index contributed by atoms with van der Waals surface area (Å²) in [5, 5.41) is 13.2. The molecule has 6 aromatic carbocycles. The summed E-state index contributed by atoms with van der Waals surface area (Å²) in [5.41, 5.74) is 14.7. The van der Waals surface area contributed by atoms with E-state index in [1.54, 1.807) is 6.07 Å². The van der Waals surface area contributed by atoms with Gasteiger partial charge in [0.25, 0.3) is 0 Å². The molecule has 0 aliphatic rings. The second kappa shape index (κ2) is 17.2. The molecule has 1 radical (unpaired) electrons.